The molecule has 7 heteroatoms. The van der Waals surface area contributed by atoms with Gasteiger partial charge in [-0.2, -0.15) is 9.78 Å². The molecule has 0 fully saturated rings. The summed E-state index contributed by atoms with van der Waals surface area (Å²) in [4.78, 5) is 21.7. The second-order valence-corrected chi connectivity index (χ2v) is 2.79. The summed E-state index contributed by atoms with van der Waals surface area (Å²) >= 11 is 10.7. The van der Waals surface area contributed by atoms with Crippen LogP contribution in [0.1, 0.15) is 0 Å². The Kier molecular flexibility index (Phi) is 3.27. The topological polar surface area (TPSA) is 64.0 Å². The molecule has 0 aliphatic rings. The van der Waals surface area contributed by atoms with Gasteiger partial charge in [0, 0.05) is 0 Å². The minimum atomic E-state index is -0.683. The zero-order valence-corrected chi connectivity index (χ0v) is 7.84. The summed E-state index contributed by atoms with van der Waals surface area (Å²) in [7, 11) is 0. The van der Waals surface area contributed by atoms with Crippen LogP contribution in [0.15, 0.2) is 12.4 Å². The van der Waals surface area contributed by atoms with Crippen LogP contribution in [-0.4, -0.2) is 27.6 Å². The second kappa shape index (κ2) is 4.25. The summed E-state index contributed by atoms with van der Waals surface area (Å²) < 4.78 is 0.910. The van der Waals surface area contributed by atoms with E-state index in [1.54, 1.807) is 0 Å². The van der Waals surface area contributed by atoms with Crippen LogP contribution < -0.4 is 5.32 Å². The monoisotopic (exact) mass is 221 g/mol. The van der Waals surface area contributed by atoms with Crippen molar-refractivity contribution in [2.24, 2.45) is 0 Å². The van der Waals surface area contributed by atoms with Crippen molar-refractivity contribution in [1.82, 2.24) is 15.1 Å². The largest absolute Gasteiger partial charge is 0.348 e. The lowest BCUT2D eigenvalue weighted by molar-refractivity contribution is -0.117. The molecule has 1 aromatic heterocycles. The molecule has 0 aromatic carbocycles. The molecular formula is C6H5Cl2N3O2. The highest BCUT2D eigenvalue weighted by molar-refractivity contribution is 6.30. The van der Waals surface area contributed by atoms with Crippen molar-refractivity contribution < 1.29 is 9.59 Å². The fraction of sp³-hybridized carbons (Fsp3) is 0.167. The molecule has 2 amide bonds. The molecule has 0 saturated carbocycles. The summed E-state index contributed by atoms with van der Waals surface area (Å²) in [5.74, 6) is -0.862. The Morgan fingerprint density at radius 1 is 1.62 bits per heavy atom. The average molecular weight is 222 g/mol. The molecule has 0 saturated heterocycles. The average Bonchev–Trinajstić information content (AvgIpc) is 2.51. The molecule has 0 atom stereocenters. The van der Waals surface area contributed by atoms with Gasteiger partial charge in [-0.1, -0.05) is 11.6 Å². The van der Waals surface area contributed by atoms with Gasteiger partial charge in [-0.3, -0.25) is 10.1 Å². The van der Waals surface area contributed by atoms with Crippen molar-refractivity contribution in [1.29, 1.82) is 0 Å². The number of halogens is 2. The van der Waals surface area contributed by atoms with Gasteiger partial charge in [0.05, 0.1) is 17.4 Å². The third kappa shape index (κ3) is 2.71. The van der Waals surface area contributed by atoms with Crippen molar-refractivity contribution in [3.05, 3.63) is 17.4 Å². The molecule has 5 nitrogen and oxygen atoms in total. The van der Waals surface area contributed by atoms with Crippen LogP contribution in [0.2, 0.25) is 5.02 Å². The van der Waals surface area contributed by atoms with E-state index in [-0.39, 0.29) is 5.88 Å². The Labute approximate surface area is 83.6 Å². The first-order valence-electron chi connectivity index (χ1n) is 3.24. The van der Waals surface area contributed by atoms with Gasteiger partial charge in [0.1, 0.15) is 5.88 Å². The van der Waals surface area contributed by atoms with Crippen LogP contribution in [0, 0.1) is 0 Å². The minimum Gasteiger partial charge on any atom is -0.275 e. The summed E-state index contributed by atoms with van der Waals surface area (Å²) in [5.41, 5.74) is 0. The number of rotatable bonds is 1. The standard InChI is InChI=1S/C6H5Cl2N3O2/c7-1-5(12)10-6(13)11-3-4(8)2-9-11/h2-3H,1H2,(H,10,12,13). The second-order valence-electron chi connectivity index (χ2n) is 2.09. The van der Waals surface area contributed by atoms with Gasteiger partial charge >= 0.3 is 6.03 Å². The number of nitrogens with one attached hydrogen (secondary N) is 1. The molecule has 0 radical (unpaired) electrons. The van der Waals surface area contributed by atoms with E-state index in [4.69, 9.17) is 23.2 Å². The molecule has 1 N–H and O–H groups in total. The van der Waals surface area contributed by atoms with E-state index >= 15 is 0 Å². The molecular weight excluding hydrogens is 217 g/mol. The van der Waals surface area contributed by atoms with Gasteiger partial charge in [-0.15, -0.1) is 11.6 Å². The van der Waals surface area contributed by atoms with Gasteiger partial charge in [0.15, 0.2) is 0 Å². The van der Waals surface area contributed by atoms with Crippen LogP contribution in [-0.2, 0) is 4.79 Å². The van der Waals surface area contributed by atoms with Crippen molar-refractivity contribution in [2.75, 3.05) is 5.88 Å². The number of aromatic nitrogens is 2. The number of nitrogens with zero attached hydrogens (tertiary/aromatic N) is 2. The number of carbonyl (C=O) groups is 2. The number of hydrogen-bond acceptors (Lipinski definition) is 3. The summed E-state index contributed by atoms with van der Waals surface area (Å²) in [6, 6.07) is -0.683. The molecule has 1 aromatic rings. The SMILES string of the molecule is O=C(CCl)NC(=O)n1cc(Cl)cn1. The van der Waals surface area contributed by atoms with Gasteiger partial charge in [0.25, 0.3) is 0 Å². The summed E-state index contributed by atoms with van der Waals surface area (Å²) in [6.45, 7) is 0. The predicted octanol–water partition coefficient (Wildman–Crippen LogP) is 0.860. The zero-order chi connectivity index (χ0) is 9.84. The van der Waals surface area contributed by atoms with E-state index < -0.39 is 11.9 Å². The smallest absolute Gasteiger partial charge is 0.275 e. The third-order valence-corrected chi connectivity index (χ3v) is 1.56. The van der Waals surface area contributed by atoms with Crippen molar-refractivity contribution in [2.45, 2.75) is 0 Å². The van der Waals surface area contributed by atoms with Crippen LogP contribution in [0.4, 0.5) is 4.79 Å². The maximum Gasteiger partial charge on any atom is 0.348 e. The Morgan fingerprint density at radius 3 is 2.77 bits per heavy atom. The van der Waals surface area contributed by atoms with E-state index in [1.165, 1.54) is 12.4 Å². The van der Waals surface area contributed by atoms with E-state index in [2.05, 4.69) is 5.10 Å². The lowest BCUT2D eigenvalue weighted by Crippen LogP contribution is -2.35. The number of alkyl halides is 1. The van der Waals surface area contributed by atoms with Crippen molar-refractivity contribution in [3.63, 3.8) is 0 Å². The number of carbonyl (C=O) groups excluding carboxylic acids is 2. The summed E-state index contributed by atoms with van der Waals surface area (Å²) in [6.07, 6.45) is 2.56. The molecule has 0 bridgehead atoms. The fourth-order valence-electron chi connectivity index (χ4n) is 0.622. The zero-order valence-electron chi connectivity index (χ0n) is 6.33. The van der Waals surface area contributed by atoms with Crippen molar-refractivity contribution >= 4 is 35.1 Å². The van der Waals surface area contributed by atoms with Crippen molar-refractivity contribution in [3.8, 4) is 0 Å². The Balaban J connectivity index is 2.64. The molecule has 13 heavy (non-hydrogen) atoms. The molecule has 0 spiro atoms. The molecule has 70 valence electrons. The Hall–Kier alpha value is -1.07. The molecule has 1 rings (SSSR count). The highest BCUT2D eigenvalue weighted by Crippen LogP contribution is 2.03. The van der Waals surface area contributed by atoms with Gasteiger partial charge in [-0.05, 0) is 0 Å². The maximum absolute atomic E-state index is 11.1. The van der Waals surface area contributed by atoms with Gasteiger partial charge in [0.2, 0.25) is 5.91 Å². The summed E-state index contributed by atoms with van der Waals surface area (Å²) in [5, 5.41) is 5.89. The Morgan fingerprint density at radius 2 is 2.31 bits per heavy atom. The number of amides is 2. The maximum atomic E-state index is 11.1. The van der Waals surface area contributed by atoms with Gasteiger partial charge in [-0.25, -0.2) is 4.79 Å². The quantitative estimate of drug-likeness (QED) is 0.716. The lowest BCUT2D eigenvalue weighted by Gasteiger charge is -1.99. The van der Waals surface area contributed by atoms with Crippen LogP contribution in [0.25, 0.3) is 0 Å². The third-order valence-electron chi connectivity index (χ3n) is 1.13. The predicted molar refractivity (Wildman–Crippen MR) is 46.9 cm³/mol. The van der Waals surface area contributed by atoms with E-state index in [1.807, 2.05) is 5.32 Å². The number of hydrogen-bond donors (Lipinski definition) is 1. The van der Waals surface area contributed by atoms with Gasteiger partial charge < -0.3 is 0 Å². The highest BCUT2D eigenvalue weighted by Gasteiger charge is 2.09. The normalized spacial score (nSPS) is 9.69. The first-order valence-corrected chi connectivity index (χ1v) is 4.15. The fourth-order valence-corrected chi connectivity index (χ4v) is 0.825. The molecule has 0 unspecified atom stereocenters. The van der Waals surface area contributed by atoms with E-state index in [0.29, 0.717) is 5.02 Å². The molecule has 0 aliphatic heterocycles. The number of imide groups is 1. The van der Waals surface area contributed by atoms with E-state index in [0.717, 1.165) is 4.68 Å². The first kappa shape index (κ1) is 10.0. The first-order chi connectivity index (χ1) is 6.13. The molecule has 1 heterocycles. The Bertz CT molecular complexity index is 336. The highest BCUT2D eigenvalue weighted by atomic mass is 35.5. The van der Waals surface area contributed by atoms with Crippen LogP contribution in [0.5, 0.6) is 0 Å². The molecule has 0 aliphatic carbocycles. The lowest BCUT2D eigenvalue weighted by atomic mass is 10.7. The van der Waals surface area contributed by atoms with Crippen LogP contribution >= 0.6 is 23.2 Å². The van der Waals surface area contributed by atoms with E-state index in [9.17, 15) is 9.59 Å². The minimum absolute atomic E-state index is 0.277. The van der Waals surface area contributed by atoms with Crippen LogP contribution in [0.3, 0.4) is 0 Å².